The van der Waals surface area contributed by atoms with Crippen molar-refractivity contribution in [3.63, 3.8) is 0 Å². The predicted octanol–water partition coefficient (Wildman–Crippen LogP) is 2.56. The van der Waals surface area contributed by atoms with Gasteiger partial charge in [-0.25, -0.2) is 4.98 Å². The van der Waals surface area contributed by atoms with E-state index in [2.05, 4.69) is 36.4 Å². The average Bonchev–Trinajstić information content (AvgIpc) is 2.95. The van der Waals surface area contributed by atoms with E-state index in [-0.39, 0.29) is 0 Å². The van der Waals surface area contributed by atoms with Gasteiger partial charge < -0.3 is 5.32 Å². The molecule has 0 spiro atoms. The number of fused-ring (bicyclic) bond motifs is 1. The van der Waals surface area contributed by atoms with Gasteiger partial charge in [-0.2, -0.15) is 0 Å². The lowest BCUT2D eigenvalue weighted by molar-refractivity contribution is 1.08. The van der Waals surface area contributed by atoms with Crippen molar-refractivity contribution in [3.8, 4) is 0 Å². The molecule has 0 aromatic carbocycles. The molecule has 0 unspecified atom stereocenters. The van der Waals surface area contributed by atoms with Crippen molar-refractivity contribution in [2.75, 3.05) is 5.32 Å². The number of rotatable bonds is 3. The van der Waals surface area contributed by atoms with Crippen molar-refractivity contribution < 1.29 is 0 Å². The summed E-state index contributed by atoms with van der Waals surface area (Å²) in [6.07, 6.45) is 5.20. The SMILES string of the molecule is Brc1ccsc1CNc1nccn2cnnc12. The van der Waals surface area contributed by atoms with Gasteiger partial charge in [-0.1, -0.05) is 0 Å². The van der Waals surface area contributed by atoms with Crippen LogP contribution in [0.25, 0.3) is 5.65 Å². The largest absolute Gasteiger partial charge is 0.362 e. The van der Waals surface area contributed by atoms with Crippen molar-refractivity contribution in [2.24, 2.45) is 0 Å². The monoisotopic (exact) mass is 309 g/mol. The molecule has 0 saturated carbocycles. The van der Waals surface area contributed by atoms with Crippen LogP contribution in [-0.4, -0.2) is 19.6 Å². The summed E-state index contributed by atoms with van der Waals surface area (Å²) in [4.78, 5) is 5.49. The summed E-state index contributed by atoms with van der Waals surface area (Å²) in [5, 5.41) is 13.2. The lowest BCUT2D eigenvalue weighted by atomic mass is 10.4. The first-order chi connectivity index (χ1) is 8.34. The molecular weight excluding hydrogens is 302 g/mol. The van der Waals surface area contributed by atoms with E-state index >= 15 is 0 Å². The summed E-state index contributed by atoms with van der Waals surface area (Å²) in [6, 6.07) is 2.03. The maximum atomic E-state index is 4.26. The number of halogens is 1. The lowest BCUT2D eigenvalue weighted by Crippen LogP contribution is -2.02. The fraction of sp³-hybridized carbons (Fsp3) is 0.100. The zero-order valence-corrected chi connectivity index (χ0v) is 11.1. The van der Waals surface area contributed by atoms with Crippen LogP contribution in [0.3, 0.4) is 0 Å². The van der Waals surface area contributed by atoms with Gasteiger partial charge in [-0.15, -0.1) is 21.5 Å². The van der Waals surface area contributed by atoms with E-state index in [1.54, 1.807) is 23.9 Å². The van der Waals surface area contributed by atoms with Crippen molar-refractivity contribution in [1.82, 2.24) is 19.6 Å². The molecule has 5 nitrogen and oxygen atoms in total. The number of hydrogen-bond acceptors (Lipinski definition) is 5. The Bertz CT molecular complexity index is 647. The number of aromatic nitrogens is 4. The van der Waals surface area contributed by atoms with Gasteiger partial charge in [0.15, 0.2) is 5.82 Å². The third-order valence-electron chi connectivity index (χ3n) is 2.32. The number of hydrogen-bond donors (Lipinski definition) is 1. The quantitative estimate of drug-likeness (QED) is 0.808. The van der Waals surface area contributed by atoms with Crippen LogP contribution in [0.2, 0.25) is 0 Å². The maximum Gasteiger partial charge on any atom is 0.203 e. The highest BCUT2D eigenvalue weighted by Gasteiger charge is 2.06. The van der Waals surface area contributed by atoms with Gasteiger partial charge in [0.2, 0.25) is 5.65 Å². The summed E-state index contributed by atoms with van der Waals surface area (Å²) in [6.45, 7) is 0.720. The van der Waals surface area contributed by atoms with Gasteiger partial charge in [0.05, 0.1) is 6.54 Å². The molecule has 17 heavy (non-hydrogen) atoms. The van der Waals surface area contributed by atoms with E-state index in [1.165, 1.54) is 4.88 Å². The maximum absolute atomic E-state index is 4.26. The lowest BCUT2D eigenvalue weighted by Gasteiger charge is -2.04. The van der Waals surface area contributed by atoms with Crippen LogP contribution in [0.1, 0.15) is 4.88 Å². The van der Waals surface area contributed by atoms with E-state index in [9.17, 15) is 0 Å². The van der Waals surface area contributed by atoms with E-state index in [0.717, 1.165) is 22.5 Å². The normalized spacial score (nSPS) is 10.9. The highest BCUT2D eigenvalue weighted by Crippen LogP contribution is 2.23. The Morgan fingerprint density at radius 1 is 1.47 bits per heavy atom. The highest BCUT2D eigenvalue weighted by atomic mass is 79.9. The molecule has 0 atom stereocenters. The fourth-order valence-corrected chi connectivity index (χ4v) is 2.93. The molecule has 0 aliphatic rings. The molecule has 0 amide bonds. The summed E-state index contributed by atoms with van der Waals surface area (Å²) < 4.78 is 2.95. The molecule has 86 valence electrons. The molecular formula is C10H8BrN5S. The molecule has 0 aliphatic heterocycles. The smallest absolute Gasteiger partial charge is 0.203 e. The van der Waals surface area contributed by atoms with Gasteiger partial charge in [-0.3, -0.25) is 4.40 Å². The molecule has 0 radical (unpaired) electrons. The van der Waals surface area contributed by atoms with Crippen LogP contribution < -0.4 is 5.32 Å². The van der Waals surface area contributed by atoms with Crippen LogP contribution in [-0.2, 0) is 6.54 Å². The van der Waals surface area contributed by atoms with Gasteiger partial charge in [-0.05, 0) is 27.4 Å². The van der Waals surface area contributed by atoms with Crippen molar-refractivity contribution in [2.45, 2.75) is 6.54 Å². The highest BCUT2D eigenvalue weighted by molar-refractivity contribution is 9.10. The molecule has 1 N–H and O–H groups in total. The van der Waals surface area contributed by atoms with Gasteiger partial charge >= 0.3 is 0 Å². The summed E-state index contributed by atoms with van der Waals surface area (Å²) in [5.41, 5.74) is 0.736. The van der Waals surface area contributed by atoms with E-state index in [0.29, 0.717) is 0 Å². The second-order valence-corrected chi connectivity index (χ2v) is 5.24. The standard InChI is InChI=1S/C10H8BrN5S/c11-7-1-4-17-8(7)5-13-9-10-15-14-6-16(10)3-2-12-9/h1-4,6H,5H2,(H,12,13). The molecule has 7 heteroatoms. The van der Waals surface area contributed by atoms with Crippen molar-refractivity contribution >= 4 is 38.7 Å². The first kappa shape index (κ1) is 10.7. The molecule has 3 aromatic rings. The molecule has 3 aromatic heterocycles. The van der Waals surface area contributed by atoms with Gasteiger partial charge in [0.1, 0.15) is 6.33 Å². The number of anilines is 1. The molecule has 0 saturated heterocycles. The van der Waals surface area contributed by atoms with Gasteiger partial charge in [0.25, 0.3) is 0 Å². The minimum Gasteiger partial charge on any atom is -0.362 e. The minimum absolute atomic E-state index is 0.720. The molecule has 3 heterocycles. The Morgan fingerprint density at radius 2 is 2.41 bits per heavy atom. The van der Waals surface area contributed by atoms with Crippen LogP contribution in [0, 0.1) is 0 Å². The van der Waals surface area contributed by atoms with Crippen LogP contribution in [0.15, 0.2) is 34.6 Å². The predicted molar refractivity (Wildman–Crippen MR) is 70.1 cm³/mol. The first-order valence-electron chi connectivity index (χ1n) is 4.94. The van der Waals surface area contributed by atoms with E-state index in [1.807, 2.05) is 22.0 Å². The summed E-state index contributed by atoms with van der Waals surface area (Å²) in [5.74, 6) is 0.741. The third kappa shape index (κ3) is 2.03. The Balaban J connectivity index is 1.86. The average molecular weight is 310 g/mol. The number of nitrogens with zero attached hydrogens (tertiary/aromatic N) is 4. The van der Waals surface area contributed by atoms with Gasteiger partial charge in [0, 0.05) is 21.7 Å². The molecule has 0 fully saturated rings. The molecule has 0 aliphatic carbocycles. The fourth-order valence-electron chi connectivity index (χ4n) is 1.50. The van der Waals surface area contributed by atoms with Crippen molar-refractivity contribution in [3.05, 3.63) is 39.5 Å². The minimum atomic E-state index is 0.720. The van der Waals surface area contributed by atoms with Crippen LogP contribution in [0.5, 0.6) is 0 Å². The van der Waals surface area contributed by atoms with E-state index < -0.39 is 0 Å². The van der Waals surface area contributed by atoms with Crippen LogP contribution in [0.4, 0.5) is 5.82 Å². The Morgan fingerprint density at radius 3 is 3.24 bits per heavy atom. The Kier molecular flexibility index (Phi) is 2.77. The number of thiophene rings is 1. The second kappa shape index (κ2) is 4.42. The Labute approximate surface area is 110 Å². The summed E-state index contributed by atoms with van der Waals surface area (Å²) >= 11 is 5.20. The zero-order valence-electron chi connectivity index (χ0n) is 8.67. The first-order valence-corrected chi connectivity index (χ1v) is 6.62. The second-order valence-electron chi connectivity index (χ2n) is 3.38. The van der Waals surface area contributed by atoms with E-state index in [4.69, 9.17) is 0 Å². The third-order valence-corrected chi connectivity index (χ3v) is 4.25. The number of nitrogens with one attached hydrogen (secondary N) is 1. The topological polar surface area (TPSA) is 55.1 Å². The molecule has 3 rings (SSSR count). The Hall–Kier alpha value is -1.47. The summed E-state index contributed by atoms with van der Waals surface area (Å²) in [7, 11) is 0. The zero-order chi connectivity index (χ0) is 11.7. The van der Waals surface area contributed by atoms with Crippen LogP contribution >= 0.6 is 27.3 Å². The molecule has 0 bridgehead atoms. The van der Waals surface area contributed by atoms with Crippen molar-refractivity contribution in [1.29, 1.82) is 0 Å².